The minimum atomic E-state index is -0.474. The molecule has 1 aliphatic heterocycles. The number of carbonyl (C=O) groups excluding carboxylic acids is 2. The number of aliphatic hydroxyl groups excluding tert-OH is 1. The van der Waals surface area contributed by atoms with Gasteiger partial charge in [0, 0.05) is 24.6 Å². The molecule has 23 heavy (non-hydrogen) atoms. The summed E-state index contributed by atoms with van der Waals surface area (Å²) in [6.45, 7) is 0.696. The number of hydrogen-bond acceptors (Lipinski definition) is 5. The Morgan fingerprint density at radius 1 is 1.39 bits per heavy atom. The first kappa shape index (κ1) is 16.8. The molecule has 1 atom stereocenters. The number of benzene rings is 1. The van der Waals surface area contributed by atoms with Crippen LogP contribution < -0.4 is 0 Å². The Morgan fingerprint density at radius 2 is 2.22 bits per heavy atom. The monoisotopic (exact) mass is 317 g/mol. The summed E-state index contributed by atoms with van der Waals surface area (Å²) in [5.74, 6) is -0.161. The molecule has 0 radical (unpaired) electrons. The fourth-order valence-corrected chi connectivity index (χ4v) is 2.43. The van der Waals surface area contributed by atoms with Crippen molar-refractivity contribution in [1.82, 2.24) is 4.90 Å². The summed E-state index contributed by atoms with van der Waals surface area (Å²) in [5.41, 5.74) is 1.24. The maximum atomic E-state index is 12.0. The summed E-state index contributed by atoms with van der Waals surface area (Å²) in [6, 6.07) is 4.87. The van der Waals surface area contributed by atoms with Crippen molar-refractivity contribution >= 4 is 18.5 Å². The minimum Gasteiger partial charge on any atom is -0.508 e. The summed E-state index contributed by atoms with van der Waals surface area (Å²) < 4.78 is 4.87. The van der Waals surface area contributed by atoms with Crippen LogP contribution in [0.4, 0.5) is 0 Å². The van der Waals surface area contributed by atoms with Gasteiger partial charge in [-0.2, -0.15) is 0 Å². The SMILES string of the molecule is O=COC1CCCN1C(=O)/C=C/C=C/c1ccc(O)c(CO)c1. The zero-order valence-electron chi connectivity index (χ0n) is 12.6. The highest BCUT2D eigenvalue weighted by Gasteiger charge is 2.28. The largest absolute Gasteiger partial charge is 0.508 e. The molecule has 1 heterocycles. The quantitative estimate of drug-likeness (QED) is 0.472. The second-order valence-electron chi connectivity index (χ2n) is 5.13. The lowest BCUT2D eigenvalue weighted by Crippen LogP contribution is -2.35. The van der Waals surface area contributed by atoms with Gasteiger partial charge >= 0.3 is 0 Å². The van der Waals surface area contributed by atoms with E-state index in [1.807, 2.05) is 0 Å². The van der Waals surface area contributed by atoms with Crippen LogP contribution in [0.2, 0.25) is 0 Å². The van der Waals surface area contributed by atoms with Crippen molar-refractivity contribution in [2.75, 3.05) is 6.54 Å². The van der Waals surface area contributed by atoms with Crippen molar-refractivity contribution in [3.8, 4) is 5.75 Å². The van der Waals surface area contributed by atoms with E-state index >= 15 is 0 Å². The van der Waals surface area contributed by atoms with Crippen LogP contribution in [0.25, 0.3) is 6.08 Å². The van der Waals surface area contributed by atoms with Gasteiger partial charge in [-0.3, -0.25) is 9.59 Å². The molecule has 1 saturated heterocycles. The number of carbonyl (C=O) groups is 2. The van der Waals surface area contributed by atoms with Crippen LogP contribution in [0.5, 0.6) is 5.75 Å². The second kappa shape index (κ2) is 8.14. The van der Waals surface area contributed by atoms with E-state index < -0.39 is 6.23 Å². The first-order chi connectivity index (χ1) is 11.2. The van der Waals surface area contributed by atoms with Crippen molar-refractivity contribution in [2.24, 2.45) is 0 Å². The predicted molar refractivity (Wildman–Crippen MR) is 84.1 cm³/mol. The summed E-state index contributed by atoms with van der Waals surface area (Å²) in [4.78, 5) is 23.9. The van der Waals surface area contributed by atoms with Gasteiger partial charge in [0.05, 0.1) is 6.61 Å². The third-order valence-corrected chi connectivity index (χ3v) is 3.61. The van der Waals surface area contributed by atoms with E-state index in [0.717, 1.165) is 12.0 Å². The van der Waals surface area contributed by atoms with Gasteiger partial charge in [0.1, 0.15) is 5.75 Å². The van der Waals surface area contributed by atoms with Crippen molar-refractivity contribution in [3.63, 3.8) is 0 Å². The normalized spacial score (nSPS) is 18.0. The minimum absolute atomic E-state index is 0.0469. The highest BCUT2D eigenvalue weighted by molar-refractivity contribution is 5.88. The van der Waals surface area contributed by atoms with Crippen LogP contribution in [0.1, 0.15) is 24.0 Å². The van der Waals surface area contributed by atoms with Crippen LogP contribution in [0.3, 0.4) is 0 Å². The second-order valence-corrected chi connectivity index (χ2v) is 5.13. The Balaban J connectivity index is 1.95. The van der Waals surface area contributed by atoms with Gasteiger partial charge in [-0.05, 0) is 24.1 Å². The lowest BCUT2D eigenvalue weighted by molar-refractivity contribution is -0.147. The molecule has 1 aromatic rings. The molecule has 0 aromatic heterocycles. The maximum absolute atomic E-state index is 12.0. The van der Waals surface area contributed by atoms with E-state index in [4.69, 9.17) is 9.84 Å². The first-order valence-corrected chi connectivity index (χ1v) is 7.33. The summed E-state index contributed by atoms with van der Waals surface area (Å²) >= 11 is 0. The molecule has 1 fully saturated rings. The van der Waals surface area contributed by atoms with Gasteiger partial charge in [0.15, 0.2) is 6.23 Å². The van der Waals surface area contributed by atoms with E-state index in [9.17, 15) is 14.7 Å². The summed E-state index contributed by atoms with van der Waals surface area (Å²) in [7, 11) is 0. The average Bonchev–Trinajstić information content (AvgIpc) is 3.01. The lowest BCUT2D eigenvalue weighted by Gasteiger charge is -2.21. The summed E-state index contributed by atoms with van der Waals surface area (Å²) in [5, 5.41) is 18.6. The summed E-state index contributed by atoms with van der Waals surface area (Å²) in [6.07, 6.45) is 7.46. The number of aliphatic hydroxyl groups is 1. The molecule has 1 unspecified atom stereocenters. The molecule has 0 aliphatic carbocycles. The van der Waals surface area contributed by atoms with Gasteiger partial charge in [0.25, 0.3) is 6.47 Å². The molecule has 6 heteroatoms. The van der Waals surface area contributed by atoms with Crippen molar-refractivity contribution in [2.45, 2.75) is 25.7 Å². The van der Waals surface area contributed by atoms with Gasteiger partial charge in [-0.15, -0.1) is 0 Å². The number of amides is 1. The zero-order valence-corrected chi connectivity index (χ0v) is 12.6. The van der Waals surface area contributed by atoms with Crippen LogP contribution in [-0.2, 0) is 20.9 Å². The topological polar surface area (TPSA) is 87.1 Å². The number of allylic oxidation sites excluding steroid dienone is 2. The third-order valence-electron chi connectivity index (χ3n) is 3.61. The highest BCUT2D eigenvalue weighted by atomic mass is 16.5. The first-order valence-electron chi connectivity index (χ1n) is 7.33. The Hall–Kier alpha value is -2.60. The Kier molecular flexibility index (Phi) is 5.94. The molecule has 0 bridgehead atoms. The molecular weight excluding hydrogens is 298 g/mol. The van der Waals surface area contributed by atoms with E-state index in [1.54, 1.807) is 30.4 Å². The molecule has 0 saturated carbocycles. The molecule has 2 N–H and O–H groups in total. The Labute approximate surface area is 134 Å². The maximum Gasteiger partial charge on any atom is 0.295 e. The molecule has 2 rings (SSSR count). The molecule has 1 aliphatic rings. The number of likely N-dealkylation sites (tertiary alicyclic amines) is 1. The Morgan fingerprint density at radius 3 is 2.96 bits per heavy atom. The molecule has 1 amide bonds. The number of hydrogen-bond donors (Lipinski definition) is 2. The van der Waals surface area contributed by atoms with Crippen molar-refractivity contribution in [1.29, 1.82) is 0 Å². The van der Waals surface area contributed by atoms with Gasteiger partial charge in [0.2, 0.25) is 5.91 Å². The standard InChI is InChI=1S/C17H19NO5/c19-11-14-10-13(7-8-15(14)21)4-1-2-5-16(22)18-9-3-6-17(18)23-12-20/h1-2,4-5,7-8,10,12,17,19,21H,3,6,9,11H2/b4-1+,5-2+. The number of aromatic hydroxyl groups is 1. The van der Waals surface area contributed by atoms with Crippen molar-refractivity contribution in [3.05, 3.63) is 47.6 Å². The molecule has 6 nitrogen and oxygen atoms in total. The predicted octanol–water partition coefficient (Wildman–Crippen LogP) is 1.58. The third kappa shape index (κ3) is 4.43. The fourth-order valence-electron chi connectivity index (χ4n) is 2.43. The van der Waals surface area contributed by atoms with Gasteiger partial charge < -0.3 is 19.8 Å². The number of nitrogens with zero attached hydrogens (tertiary/aromatic N) is 1. The van der Waals surface area contributed by atoms with Crippen LogP contribution in [0, 0.1) is 0 Å². The molecular formula is C17H19NO5. The van der Waals surface area contributed by atoms with Gasteiger partial charge in [-0.25, -0.2) is 0 Å². The van der Waals surface area contributed by atoms with Crippen LogP contribution in [-0.4, -0.2) is 40.3 Å². The zero-order chi connectivity index (χ0) is 16.7. The van der Waals surface area contributed by atoms with Crippen molar-refractivity contribution < 1.29 is 24.5 Å². The lowest BCUT2D eigenvalue weighted by atomic mass is 10.1. The van der Waals surface area contributed by atoms with E-state index in [2.05, 4.69) is 0 Å². The average molecular weight is 317 g/mol. The smallest absolute Gasteiger partial charge is 0.295 e. The number of rotatable bonds is 6. The molecule has 122 valence electrons. The highest BCUT2D eigenvalue weighted by Crippen LogP contribution is 2.19. The fraction of sp³-hybridized carbons (Fsp3) is 0.294. The van der Waals surface area contributed by atoms with E-state index in [1.165, 1.54) is 17.0 Å². The molecule has 1 aromatic carbocycles. The van der Waals surface area contributed by atoms with Crippen LogP contribution >= 0.6 is 0 Å². The van der Waals surface area contributed by atoms with E-state index in [0.29, 0.717) is 25.0 Å². The Bertz CT molecular complexity index is 623. The van der Waals surface area contributed by atoms with Gasteiger partial charge in [-0.1, -0.05) is 24.3 Å². The number of phenols is 1. The van der Waals surface area contributed by atoms with E-state index in [-0.39, 0.29) is 18.3 Å². The number of ether oxygens (including phenoxy) is 1. The molecule has 0 spiro atoms. The van der Waals surface area contributed by atoms with Crippen LogP contribution in [0.15, 0.2) is 36.4 Å².